The van der Waals surface area contributed by atoms with Gasteiger partial charge in [0.15, 0.2) is 0 Å². The monoisotopic (exact) mass is 150 g/mol. The van der Waals surface area contributed by atoms with E-state index in [1.165, 1.54) is 0 Å². The van der Waals surface area contributed by atoms with Gasteiger partial charge in [0.2, 0.25) is 0 Å². The van der Waals surface area contributed by atoms with Crippen LogP contribution in [0.25, 0.3) is 0 Å². The highest BCUT2D eigenvalue weighted by Crippen LogP contribution is 1.96. The Morgan fingerprint density at radius 1 is 1.40 bits per heavy atom. The average Bonchev–Trinajstić information content (AvgIpc) is 1.59. The van der Waals surface area contributed by atoms with E-state index in [9.17, 15) is 4.79 Å². The fourth-order valence-corrected chi connectivity index (χ4v) is 0.705. The second kappa shape index (κ2) is 3.56. The Kier molecular flexibility index (Phi) is 3.36. The van der Waals surface area contributed by atoms with Crippen LogP contribution < -0.4 is 0 Å². The Bertz CT molecular complexity index is 115. The molecule has 0 heterocycles. The van der Waals surface area contributed by atoms with E-state index < -0.39 is 5.97 Å². The smallest absolute Gasteiger partial charge is 0.303 e. The van der Waals surface area contributed by atoms with Gasteiger partial charge in [0, 0.05) is 6.42 Å². The topological polar surface area (TPSA) is 37.3 Å². The van der Waals surface area contributed by atoms with Crippen LogP contribution in [0.4, 0.5) is 0 Å². The van der Waals surface area contributed by atoms with Crippen LogP contribution in [0.15, 0.2) is 0 Å². The summed E-state index contributed by atoms with van der Waals surface area (Å²) in [5.74, 6) is -0.701. The zero-order valence-electron chi connectivity index (χ0n) is 6.92. The predicted octanol–water partition coefficient (Wildman–Crippen LogP) is 0.557. The molecule has 0 rings (SSSR count). The molecular weight excluding hydrogens is 134 g/mol. The Morgan fingerprint density at radius 3 is 2.20 bits per heavy atom. The molecule has 1 N–H and O–H groups in total. The minimum Gasteiger partial charge on any atom is -0.481 e. The van der Waals surface area contributed by atoms with Crippen molar-refractivity contribution >= 4 is 5.97 Å². The van der Waals surface area contributed by atoms with Gasteiger partial charge < -0.3 is 9.59 Å². The number of carbonyl (C=O) groups is 1. The van der Waals surface area contributed by atoms with Gasteiger partial charge in [-0.2, -0.15) is 0 Å². The summed E-state index contributed by atoms with van der Waals surface area (Å²) in [6, 6.07) is 0. The predicted molar refractivity (Wildman–Crippen MR) is 39.8 cm³/mol. The molecule has 0 aromatic heterocycles. The molecule has 60 valence electrons. The lowest BCUT2D eigenvalue weighted by atomic mass is 10.8. The number of carboxylic acids is 1. The molecule has 0 aliphatic heterocycles. The molecule has 0 aliphatic carbocycles. The van der Waals surface area contributed by atoms with Gasteiger partial charge in [0.05, 0.1) is 34.1 Å². The second-order valence-electron chi connectivity index (χ2n) is 3.51. The molecule has 0 spiro atoms. The van der Waals surface area contributed by atoms with Crippen molar-refractivity contribution in [2.45, 2.75) is 12.8 Å². The summed E-state index contributed by atoms with van der Waals surface area (Å²) in [6.07, 6.45) is 1.05. The first-order chi connectivity index (χ1) is 4.42. The van der Waals surface area contributed by atoms with Crippen molar-refractivity contribution < 1.29 is 14.4 Å². The summed E-state index contributed by atoms with van der Waals surface area (Å²) < 4.78 is 0.841. The lowest BCUT2D eigenvalue weighted by molar-refractivity contribution is -0.870. The average molecular weight is 150 g/mol. The Labute approximate surface area is 61.9 Å². The summed E-state index contributed by atoms with van der Waals surface area (Å²) in [5, 5.41) is 8.30. The number of aliphatic carboxylic acids is 1. The lowest BCUT2D eigenvalue weighted by Crippen LogP contribution is -2.35. The first kappa shape index (κ1) is 9.43. The molecule has 0 saturated heterocycles. The van der Waals surface area contributed by atoms with Crippen molar-refractivity contribution in [1.29, 1.82) is 0 Å². The fourth-order valence-electron chi connectivity index (χ4n) is 0.705. The number of hydrogen-bond donors (Lipinski definition) is 1. The number of carboxylic acid groups (broad SMARTS) is 1. The van der Waals surface area contributed by atoms with Gasteiger partial charge in [-0.05, 0) is 0 Å². The van der Waals surface area contributed by atoms with E-state index in [-0.39, 0.29) is 6.42 Å². The summed E-state index contributed by atoms with van der Waals surface area (Å²) in [5.41, 5.74) is 0. The molecule has 10 heavy (non-hydrogen) atoms. The maximum absolute atomic E-state index is 10.1. The first-order valence-corrected chi connectivity index (χ1v) is 3.44. The fraction of sp³-hybridized carbons (Fsp3) is 0.857. The van der Waals surface area contributed by atoms with Crippen molar-refractivity contribution in [3.8, 4) is 0 Å². The molecule has 0 aromatic rings. The molecule has 0 unspecified atom stereocenters. The van der Waals surface area contributed by atoms with Gasteiger partial charge in [-0.25, -0.2) is 0 Å². The van der Waals surface area contributed by atoms with Crippen molar-refractivity contribution in [3.05, 3.63) is 0 Å². The molecule has 0 atom stereocenters. The molecule has 0 saturated carbocycles. The summed E-state index contributed by atoms with van der Waals surface area (Å²) in [6.45, 7) is 0.923. The number of nitrogens with zero attached hydrogens (tertiary/aromatic N) is 1. The van der Waals surface area contributed by atoms with Crippen molar-refractivity contribution in [1.82, 2.24) is 0 Å². The van der Waals surface area contributed by atoms with E-state index in [1.54, 1.807) is 0 Å². The van der Waals surface area contributed by atoms with E-state index in [0.29, 0.717) is 0 Å². The zero-order valence-corrected chi connectivity index (χ0v) is 6.92. The highest BCUT2D eigenvalue weighted by atomic mass is 16.5. The van der Waals surface area contributed by atoms with Gasteiger partial charge in [0.25, 0.3) is 0 Å². The van der Waals surface area contributed by atoms with Crippen LogP contribution in [0.3, 0.4) is 0 Å². The Morgan fingerprint density at radius 2 is 1.90 bits per heavy atom. The van der Waals surface area contributed by atoms with Crippen LogP contribution in [-0.2, 0) is 4.79 Å². The van der Waals surface area contributed by atoms with Gasteiger partial charge in [-0.15, -0.1) is 0 Å². The standard InChI is InChI=1S/C7H15NO2/c1-8(2,3)6-4-5-7(9)10/h4-6H2,1-3H3/p+1/i4+1,5+1,6+1,7+1. The normalized spacial score (nSPS) is 11.5. The van der Waals surface area contributed by atoms with E-state index in [4.69, 9.17) is 5.11 Å². The maximum atomic E-state index is 10.1. The minimum absolute atomic E-state index is 0.287. The highest BCUT2D eigenvalue weighted by molar-refractivity contribution is 5.66. The third-order valence-corrected chi connectivity index (χ3v) is 1.22. The maximum Gasteiger partial charge on any atom is 0.303 e. The van der Waals surface area contributed by atoms with Crippen LogP contribution in [0.2, 0.25) is 0 Å². The van der Waals surface area contributed by atoms with Crippen LogP contribution in [0, 0.1) is 0 Å². The van der Waals surface area contributed by atoms with Crippen molar-refractivity contribution in [2.75, 3.05) is 27.7 Å². The number of rotatable bonds is 4. The minimum atomic E-state index is -0.701. The van der Waals surface area contributed by atoms with E-state index in [1.807, 2.05) is 0 Å². The SMILES string of the molecule is C[N+](C)(C)[13CH2][13CH2][13CH2][13C](=O)O. The van der Waals surface area contributed by atoms with E-state index >= 15 is 0 Å². The van der Waals surface area contributed by atoms with Gasteiger partial charge in [-0.1, -0.05) is 0 Å². The first-order valence-electron chi connectivity index (χ1n) is 3.44. The van der Waals surface area contributed by atoms with Crippen LogP contribution in [0.5, 0.6) is 0 Å². The van der Waals surface area contributed by atoms with Gasteiger partial charge in [0.1, 0.15) is 0 Å². The molecule has 3 heteroatoms. The van der Waals surface area contributed by atoms with Crippen LogP contribution >= 0.6 is 0 Å². The second-order valence-corrected chi connectivity index (χ2v) is 3.51. The largest absolute Gasteiger partial charge is 0.481 e. The van der Waals surface area contributed by atoms with E-state index in [2.05, 4.69) is 21.1 Å². The number of quaternary nitrogens is 1. The quantitative estimate of drug-likeness (QED) is 0.469. The Balaban J connectivity index is 3.29. The molecule has 0 fully saturated rings. The molecule has 0 bridgehead atoms. The molecule has 0 aliphatic rings. The molecular formula is C7H16NO2+. The van der Waals surface area contributed by atoms with Crippen molar-refractivity contribution in [2.24, 2.45) is 0 Å². The van der Waals surface area contributed by atoms with Gasteiger partial charge in [-0.3, -0.25) is 4.79 Å². The van der Waals surface area contributed by atoms with Crippen LogP contribution in [0.1, 0.15) is 12.8 Å². The Hall–Kier alpha value is -0.570. The lowest BCUT2D eigenvalue weighted by Gasteiger charge is -2.23. The molecule has 3 nitrogen and oxygen atoms in total. The van der Waals surface area contributed by atoms with E-state index in [0.717, 1.165) is 17.4 Å². The summed E-state index contributed by atoms with van der Waals surface area (Å²) in [7, 11) is 6.17. The van der Waals surface area contributed by atoms with Gasteiger partial charge >= 0.3 is 5.97 Å². The summed E-state index contributed by atoms with van der Waals surface area (Å²) >= 11 is 0. The summed E-state index contributed by atoms with van der Waals surface area (Å²) in [4.78, 5) is 10.1. The van der Waals surface area contributed by atoms with Crippen molar-refractivity contribution in [3.63, 3.8) is 0 Å². The van der Waals surface area contributed by atoms with Crippen LogP contribution in [-0.4, -0.2) is 43.2 Å². The molecule has 0 aromatic carbocycles. The molecule has 0 amide bonds. The number of hydrogen-bond acceptors (Lipinski definition) is 1. The zero-order chi connectivity index (χ0) is 8.20. The highest BCUT2D eigenvalue weighted by Gasteiger charge is 2.07. The third kappa shape index (κ3) is 7.43. The molecule has 0 radical (unpaired) electrons. The third-order valence-electron chi connectivity index (χ3n) is 1.22.